The van der Waals surface area contributed by atoms with Gasteiger partial charge in [0.15, 0.2) is 0 Å². The molecule has 1 saturated carbocycles. The van der Waals surface area contributed by atoms with Crippen LogP contribution in [0.25, 0.3) is 0 Å². The molecule has 0 spiro atoms. The number of hydrogen-bond donors (Lipinski definition) is 1. The van der Waals surface area contributed by atoms with Crippen LogP contribution in [-0.2, 0) is 0 Å². The molecule has 3 atom stereocenters. The Bertz CT molecular complexity index is 435. The molecule has 1 aromatic carbocycles. The van der Waals surface area contributed by atoms with Gasteiger partial charge in [-0.2, -0.15) is 0 Å². The van der Waals surface area contributed by atoms with Crippen molar-refractivity contribution in [2.24, 2.45) is 5.92 Å². The van der Waals surface area contributed by atoms with E-state index in [1.54, 1.807) is 0 Å². The van der Waals surface area contributed by atoms with Crippen molar-refractivity contribution in [3.63, 3.8) is 0 Å². The third-order valence-electron chi connectivity index (χ3n) is 4.26. The number of rotatable bonds is 5. The predicted octanol–water partition coefficient (Wildman–Crippen LogP) is 5.08. The summed E-state index contributed by atoms with van der Waals surface area (Å²) in [5.41, 5.74) is 1.26. The highest BCUT2D eigenvalue weighted by Crippen LogP contribution is 2.33. The van der Waals surface area contributed by atoms with Crippen molar-refractivity contribution in [2.45, 2.75) is 58.6 Å². The average Bonchev–Trinajstić information content (AvgIpc) is 2.42. The number of benzene rings is 1. The lowest BCUT2D eigenvalue weighted by Crippen LogP contribution is -2.29. The second-order valence-electron chi connectivity index (χ2n) is 5.88. The van der Waals surface area contributed by atoms with Crippen LogP contribution in [0.3, 0.4) is 0 Å². The van der Waals surface area contributed by atoms with E-state index in [1.165, 1.54) is 31.2 Å². The van der Waals surface area contributed by atoms with E-state index in [9.17, 15) is 0 Å². The minimum atomic E-state index is 0.321. The van der Waals surface area contributed by atoms with Gasteiger partial charge in [-0.3, -0.25) is 0 Å². The first-order valence-electron chi connectivity index (χ1n) is 7.81. The van der Waals surface area contributed by atoms with E-state index in [0.717, 1.165) is 16.8 Å². The van der Waals surface area contributed by atoms with E-state index < -0.39 is 0 Å². The van der Waals surface area contributed by atoms with Crippen molar-refractivity contribution in [2.75, 3.05) is 6.54 Å². The van der Waals surface area contributed by atoms with E-state index in [1.807, 2.05) is 0 Å². The van der Waals surface area contributed by atoms with Gasteiger partial charge in [-0.05, 0) is 50.8 Å². The van der Waals surface area contributed by atoms with Gasteiger partial charge >= 0.3 is 0 Å². The monoisotopic (exact) mass is 339 g/mol. The molecule has 0 amide bonds. The van der Waals surface area contributed by atoms with Gasteiger partial charge in [0.25, 0.3) is 0 Å². The van der Waals surface area contributed by atoms with Gasteiger partial charge in [-0.15, -0.1) is 0 Å². The standard InChI is InChI=1S/C17H26BrNO/c1-4-19-13(3)15-10-9-14(18)11-17(15)20-16-8-6-5-7-12(16)2/h9-13,16,19H,4-8H2,1-3H3. The molecule has 0 radical (unpaired) electrons. The van der Waals surface area contributed by atoms with Crippen molar-refractivity contribution in [3.8, 4) is 5.75 Å². The molecule has 3 unspecified atom stereocenters. The highest BCUT2D eigenvalue weighted by atomic mass is 79.9. The summed E-state index contributed by atoms with van der Waals surface area (Å²) in [5, 5.41) is 3.47. The van der Waals surface area contributed by atoms with E-state index >= 15 is 0 Å². The van der Waals surface area contributed by atoms with Crippen molar-refractivity contribution in [3.05, 3.63) is 28.2 Å². The van der Waals surface area contributed by atoms with Crippen LogP contribution in [0.5, 0.6) is 5.75 Å². The van der Waals surface area contributed by atoms with Crippen molar-refractivity contribution < 1.29 is 4.74 Å². The van der Waals surface area contributed by atoms with Gasteiger partial charge in [0.1, 0.15) is 11.9 Å². The van der Waals surface area contributed by atoms with Crippen LogP contribution in [0, 0.1) is 5.92 Å². The quantitative estimate of drug-likeness (QED) is 0.807. The first-order valence-corrected chi connectivity index (χ1v) is 8.60. The Labute approximate surface area is 131 Å². The van der Waals surface area contributed by atoms with Gasteiger partial charge in [0.05, 0.1) is 0 Å². The van der Waals surface area contributed by atoms with E-state index in [4.69, 9.17) is 4.74 Å². The summed E-state index contributed by atoms with van der Waals surface area (Å²) in [6.07, 6.45) is 5.48. The third-order valence-corrected chi connectivity index (χ3v) is 4.76. The second-order valence-corrected chi connectivity index (χ2v) is 6.80. The molecule has 1 aliphatic rings. The summed E-state index contributed by atoms with van der Waals surface area (Å²) in [6, 6.07) is 6.70. The molecule has 1 N–H and O–H groups in total. The maximum atomic E-state index is 6.38. The van der Waals surface area contributed by atoms with Crippen molar-refractivity contribution >= 4 is 15.9 Å². The zero-order valence-electron chi connectivity index (χ0n) is 12.8. The smallest absolute Gasteiger partial charge is 0.125 e. The van der Waals surface area contributed by atoms with Gasteiger partial charge in [0.2, 0.25) is 0 Å². The van der Waals surface area contributed by atoms with Crippen LogP contribution < -0.4 is 10.1 Å². The summed E-state index contributed by atoms with van der Waals surface area (Å²) < 4.78 is 7.46. The normalized spacial score (nSPS) is 24.4. The summed E-state index contributed by atoms with van der Waals surface area (Å²) in [5.74, 6) is 1.69. The molecular weight excluding hydrogens is 314 g/mol. The SMILES string of the molecule is CCNC(C)c1ccc(Br)cc1OC1CCCCC1C. The molecule has 112 valence electrons. The van der Waals surface area contributed by atoms with Crippen LogP contribution >= 0.6 is 15.9 Å². The van der Waals surface area contributed by atoms with Gasteiger partial charge in [0, 0.05) is 16.1 Å². The third kappa shape index (κ3) is 3.98. The van der Waals surface area contributed by atoms with Crippen LogP contribution in [-0.4, -0.2) is 12.6 Å². The van der Waals surface area contributed by atoms with Crippen LogP contribution in [0.1, 0.15) is 58.1 Å². The van der Waals surface area contributed by atoms with Gasteiger partial charge < -0.3 is 10.1 Å². The predicted molar refractivity (Wildman–Crippen MR) is 88.3 cm³/mol. The second kappa shape index (κ2) is 7.46. The minimum absolute atomic E-state index is 0.321. The molecule has 2 nitrogen and oxygen atoms in total. The van der Waals surface area contributed by atoms with Crippen LogP contribution in [0.4, 0.5) is 0 Å². The maximum absolute atomic E-state index is 6.38. The molecule has 20 heavy (non-hydrogen) atoms. The molecule has 3 heteroatoms. The molecule has 0 aliphatic heterocycles. The van der Waals surface area contributed by atoms with E-state index in [-0.39, 0.29) is 0 Å². The number of ether oxygens (including phenoxy) is 1. The van der Waals surface area contributed by atoms with Crippen LogP contribution in [0.15, 0.2) is 22.7 Å². The minimum Gasteiger partial charge on any atom is -0.490 e. The summed E-state index contributed by atoms with van der Waals surface area (Å²) in [4.78, 5) is 0. The Morgan fingerprint density at radius 2 is 2.10 bits per heavy atom. The lowest BCUT2D eigenvalue weighted by Gasteiger charge is -2.31. The Balaban J connectivity index is 2.18. The van der Waals surface area contributed by atoms with Gasteiger partial charge in [-0.1, -0.05) is 42.3 Å². The molecule has 1 fully saturated rings. The first kappa shape index (κ1) is 15.8. The first-order chi connectivity index (χ1) is 9.61. The molecule has 0 heterocycles. The summed E-state index contributed by atoms with van der Waals surface area (Å²) in [6.45, 7) is 7.62. The Morgan fingerprint density at radius 3 is 2.80 bits per heavy atom. The van der Waals surface area contributed by atoms with Crippen LogP contribution in [0.2, 0.25) is 0 Å². The number of nitrogens with one attached hydrogen (secondary N) is 1. The van der Waals surface area contributed by atoms with Gasteiger partial charge in [-0.25, -0.2) is 0 Å². The van der Waals surface area contributed by atoms with Crippen molar-refractivity contribution in [1.29, 1.82) is 0 Å². The molecule has 0 saturated heterocycles. The summed E-state index contributed by atoms with van der Waals surface area (Å²) >= 11 is 3.56. The summed E-state index contributed by atoms with van der Waals surface area (Å²) in [7, 11) is 0. The zero-order chi connectivity index (χ0) is 14.5. The fraction of sp³-hybridized carbons (Fsp3) is 0.647. The fourth-order valence-corrected chi connectivity index (χ4v) is 3.34. The average molecular weight is 340 g/mol. The molecule has 1 aromatic rings. The lowest BCUT2D eigenvalue weighted by atomic mass is 9.88. The highest BCUT2D eigenvalue weighted by molar-refractivity contribution is 9.10. The molecular formula is C17H26BrNO. The topological polar surface area (TPSA) is 21.3 Å². The van der Waals surface area contributed by atoms with E-state index in [2.05, 4.69) is 60.2 Å². The molecule has 0 bridgehead atoms. The highest BCUT2D eigenvalue weighted by Gasteiger charge is 2.24. The zero-order valence-corrected chi connectivity index (χ0v) is 14.4. The lowest BCUT2D eigenvalue weighted by molar-refractivity contribution is 0.101. The molecule has 0 aromatic heterocycles. The fourth-order valence-electron chi connectivity index (χ4n) is 3.00. The molecule has 2 rings (SSSR count). The Morgan fingerprint density at radius 1 is 1.35 bits per heavy atom. The van der Waals surface area contributed by atoms with E-state index in [0.29, 0.717) is 18.1 Å². The largest absolute Gasteiger partial charge is 0.490 e. The molecule has 1 aliphatic carbocycles. The van der Waals surface area contributed by atoms with Crippen molar-refractivity contribution in [1.82, 2.24) is 5.32 Å². The number of hydrogen-bond acceptors (Lipinski definition) is 2. The number of halogens is 1. The maximum Gasteiger partial charge on any atom is 0.125 e. The Hall–Kier alpha value is -0.540. The Kier molecular flexibility index (Phi) is 5.91.